The molecule has 132 valence electrons. The number of rotatable bonds is 6. The molecule has 0 radical (unpaired) electrons. The van der Waals surface area contributed by atoms with E-state index in [1.807, 2.05) is 54.6 Å². The molecule has 3 aromatic rings. The van der Waals surface area contributed by atoms with Crippen molar-refractivity contribution < 1.29 is 9.90 Å². The molecule has 0 aromatic heterocycles. The Balaban J connectivity index is 1.56. The number of benzene rings is 3. The van der Waals surface area contributed by atoms with Gasteiger partial charge < -0.3 is 5.11 Å². The van der Waals surface area contributed by atoms with Gasteiger partial charge in [0.2, 0.25) is 5.91 Å². The summed E-state index contributed by atoms with van der Waals surface area (Å²) in [6, 6.07) is 18.7. The van der Waals surface area contributed by atoms with Crippen molar-refractivity contribution in [1.29, 1.82) is 0 Å². The predicted octanol–water partition coefficient (Wildman–Crippen LogP) is 4.58. The van der Waals surface area contributed by atoms with Gasteiger partial charge in [0.25, 0.3) is 0 Å². The summed E-state index contributed by atoms with van der Waals surface area (Å²) in [6.07, 6.45) is 1.47. The fourth-order valence-electron chi connectivity index (χ4n) is 2.49. The quantitative estimate of drug-likeness (QED) is 0.483. The Bertz CT molecular complexity index is 959. The molecule has 3 aromatic carbocycles. The molecular formula is C20H17ClN2O2S. The van der Waals surface area contributed by atoms with Crippen LogP contribution in [0.25, 0.3) is 10.8 Å². The molecule has 0 fully saturated rings. The molecule has 0 aliphatic heterocycles. The van der Waals surface area contributed by atoms with Gasteiger partial charge in [-0.1, -0.05) is 60.1 Å². The number of aromatic hydroxyl groups is 1. The van der Waals surface area contributed by atoms with Crippen LogP contribution in [0.15, 0.2) is 65.8 Å². The number of nitrogens with one attached hydrogen (secondary N) is 1. The van der Waals surface area contributed by atoms with Crippen LogP contribution in [0, 0.1) is 0 Å². The normalized spacial score (nSPS) is 11.1. The molecule has 1 amide bonds. The summed E-state index contributed by atoms with van der Waals surface area (Å²) in [5, 5.41) is 16.6. The highest BCUT2D eigenvalue weighted by atomic mass is 35.5. The number of hydrazone groups is 1. The van der Waals surface area contributed by atoms with Crippen molar-refractivity contribution in [3.8, 4) is 5.75 Å². The molecule has 0 saturated carbocycles. The van der Waals surface area contributed by atoms with Crippen LogP contribution < -0.4 is 5.43 Å². The second-order valence-electron chi connectivity index (χ2n) is 5.60. The number of hydrogen-bond acceptors (Lipinski definition) is 4. The molecule has 0 spiro atoms. The first-order valence-corrected chi connectivity index (χ1v) is 9.52. The van der Waals surface area contributed by atoms with Crippen molar-refractivity contribution >= 4 is 46.3 Å². The number of fused-ring (bicyclic) bond motifs is 1. The Morgan fingerprint density at radius 1 is 1.12 bits per heavy atom. The third-order valence-electron chi connectivity index (χ3n) is 3.78. The first kappa shape index (κ1) is 18.3. The molecule has 0 heterocycles. The van der Waals surface area contributed by atoms with Crippen molar-refractivity contribution in [2.75, 3.05) is 5.75 Å². The maximum atomic E-state index is 11.9. The van der Waals surface area contributed by atoms with E-state index in [4.69, 9.17) is 11.6 Å². The number of nitrogens with zero attached hydrogens (tertiary/aromatic N) is 1. The van der Waals surface area contributed by atoms with Crippen LogP contribution in [0.1, 0.15) is 11.1 Å². The minimum Gasteiger partial charge on any atom is -0.507 e. The number of amides is 1. The first-order chi connectivity index (χ1) is 12.6. The van der Waals surface area contributed by atoms with E-state index in [0.717, 1.165) is 16.3 Å². The molecule has 3 rings (SSSR count). The summed E-state index contributed by atoms with van der Waals surface area (Å²) in [4.78, 5) is 11.9. The van der Waals surface area contributed by atoms with E-state index in [9.17, 15) is 9.90 Å². The van der Waals surface area contributed by atoms with Crippen molar-refractivity contribution in [2.45, 2.75) is 5.75 Å². The summed E-state index contributed by atoms with van der Waals surface area (Å²) >= 11 is 7.55. The molecule has 0 aliphatic rings. The Kier molecular flexibility index (Phi) is 6.15. The number of halogens is 1. The maximum Gasteiger partial charge on any atom is 0.250 e. The van der Waals surface area contributed by atoms with E-state index in [1.165, 1.54) is 18.0 Å². The van der Waals surface area contributed by atoms with Gasteiger partial charge in [-0.25, -0.2) is 5.43 Å². The lowest BCUT2D eigenvalue weighted by Crippen LogP contribution is -2.19. The summed E-state index contributed by atoms with van der Waals surface area (Å²) in [6.45, 7) is 0. The second-order valence-corrected chi connectivity index (χ2v) is 6.99. The van der Waals surface area contributed by atoms with E-state index in [-0.39, 0.29) is 17.4 Å². The second kappa shape index (κ2) is 8.74. The third kappa shape index (κ3) is 4.56. The molecule has 0 aliphatic carbocycles. The zero-order valence-electron chi connectivity index (χ0n) is 13.9. The highest BCUT2D eigenvalue weighted by Gasteiger charge is 2.06. The maximum absolute atomic E-state index is 11.9. The van der Waals surface area contributed by atoms with Gasteiger partial charge in [0.05, 0.1) is 12.0 Å². The molecule has 26 heavy (non-hydrogen) atoms. The number of carbonyl (C=O) groups is 1. The van der Waals surface area contributed by atoms with Gasteiger partial charge in [0.15, 0.2) is 0 Å². The number of phenolic OH excluding ortho intramolecular Hbond substituents is 1. The van der Waals surface area contributed by atoms with Crippen molar-refractivity contribution in [2.24, 2.45) is 5.10 Å². The number of thioether (sulfide) groups is 1. The smallest absolute Gasteiger partial charge is 0.250 e. The Morgan fingerprint density at radius 3 is 2.73 bits per heavy atom. The predicted molar refractivity (Wildman–Crippen MR) is 109 cm³/mol. The van der Waals surface area contributed by atoms with Crippen LogP contribution in [0.2, 0.25) is 5.02 Å². The van der Waals surface area contributed by atoms with Crippen molar-refractivity contribution in [1.82, 2.24) is 5.43 Å². The third-order valence-corrected chi connectivity index (χ3v) is 5.13. The van der Waals surface area contributed by atoms with Crippen LogP contribution in [-0.2, 0) is 10.5 Å². The van der Waals surface area contributed by atoms with Crippen LogP contribution >= 0.6 is 23.4 Å². The van der Waals surface area contributed by atoms with E-state index >= 15 is 0 Å². The SMILES string of the molecule is O=C(CSCc1ccccc1Cl)N/N=C\c1c(O)ccc2ccccc12. The van der Waals surface area contributed by atoms with Crippen molar-refractivity contribution in [3.05, 3.63) is 76.8 Å². The average molecular weight is 385 g/mol. The Hall–Kier alpha value is -2.50. The molecule has 0 bridgehead atoms. The fourth-order valence-corrected chi connectivity index (χ4v) is 3.60. The van der Waals surface area contributed by atoms with Gasteiger partial charge in [-0.05, 0) is 28.5 Å². The largest absolute Gasteiger partial charge is 0.507 e. The highest BCUT2D eigenvalue weighted by Crippen LogP contribution is 2.25. The van der Waals surface area contributed by atoms with E-state index in [2.05, 4.69) is 10.5 Å². The molecular weight excluding hydrogens is 368 g/mol. The van der Waals surface area contributed by atoms with Crippen LogP contribution in [0.3, 0.4) is 0 Å². The lowest BCUT2D eigenvalue weighted by Gasteiger charge is -2.05. The van der Waals surface area contributed by atoms with Crippen molar-refractivity contribution in [3.63, 3.8) is 0 Å². The Morgan fingerprint density at radius 2 is 1.88 bits per heavy atom. The number of phenols is 1. The van der Waals surface area contributed by atoms with Crippen LogP contribution in [0.5, 0.6) is 5.75 Å². The monoisotopic (exact) mass is 384 g/mol. The minimum atomic E-state index is -0.210. The number of carbonyl (C=O) groups excluding carboxylic acids is 1. The van der Waals surface area contributed by atoms with Gasteiger partial charge in [-0.2, -0.15) is 5.10 Å². The molecule has 0 saturated heterocycles. The number of hydrogen-bond donors (Lipinski definition) is 2. The standard InChI is InChI=1S/C20H17ClN2O2S/c21-18-8-4-2-6-15(18)12-26-13-20(25)23-22-11-17-16-7-3-1-5-14(16)9-10-19(17)24/h1-11,24H,12-13H2,(H,23,25)/b22-11-. The van der Waals surface area contributed by atoms with Gasteiger partial charge in [0.1, 0.15) is 5.75 Å². The molecule has 2 N–H and O–H groups in total. The van der Waals surface area contributed by atoms with E-state index in [0.29, 0.717) is 16.3 Å². The van der Waals surface area contributed by atoms with Gasteiger partial charge in [0, 0.05) is 16.3 Å². The molecule has 0 atom stereocenters. The van der Waals surface area contributed by atoms with Gasteiger partial charge in [-0.3, -0.25) is 4.79 Å². The van der Waals surface area contributed by atoms with E-state index < -0.39 is 0 Å². The molecule has 6 heteroatoms. The van der Waals surface area contributed by atoms with Crippen LogP contribution in [-0.4, -0.2) is 23.0 Å². The molecule has 0 unspecified atom stereocenters. The van der Waals surface area contributed by atoms with E-state index in [1.54, 1.807) is 6.07 Å². The lowest BCUT2D eigenvalue weighted by molar-refractivity contribution is -0.118. The minimum absolute atomic E-state index is 0.120. The summed E-state index contributed by atoms with van der Waals surface area (Å²) in [7, 11) is 0. The summed E-state index contributed by atoms with van der Waals surface area (Å²) < 4.78 is 0. The first-order valence-electron chi connectivity index (χ1n) is 7.99. The zero-order chi connectivity index (χ0) is 18.4. The summed E-state index contributed by atoms with van der Waals surface area (Å²) in [5.74, 6) is 0.832. The van der Waals surface area contributed by atoms with Gasteiger partial charge >= 0.3 is 0 Å². The lowest BCUT2D eigenvalue weighted by atomic mass is 10.0. The highest BCUT2D eigenvalue weighted by molar-refractivity contribution is 7.99. The molecule has 4 nitrogen and oxygen atoms in total. The Labute approximate surface area is 160 Å². The van der Waals surface area contributed by atoms with Crippen LogP contribution in [0.4, 0.5) is 0 Å². The summed E-state index contributed by atoms with van der Waals surface area (Å²) in [5.41, 5.74) is 4.06. The zero-order valence-corrected chi connectivity index (χ0v) is 15.4. The van der Waals surface area contributed by atoms with Gasteiger partial charge in [-0.15, -0.1) is 11.8 Å². The average Bonchev–Trinajstić information content (AvgIpc) is 2.65. The topological polar surface area (TPSA) is 61.7 Å². The fraction of sp³-hybridized carbons (Fsp3) is 0.100.